The molecule has 2 atom stereocenters. The van der Waals surface area contributed by atoms with Crippen LogP contribution >= 0.6 is 0 Å². The van der Waals surface area contributed by atoms with Crippen molar-refractivity contribution in [1.82, 2.24) is 10.6 Å². The number of hydrogen-bond donors (Lipinski definition) is 3. The standard InChI is InChI=1S/C15H22N2O3/c1-9(2)13(14(18)19)17-15(20)16-11(4)12-8-6-5-7-10(12)3/h5-9,11,13H,1-4H3,(H,18,19)(H2,16,17,20). The van der Waals surface area contributed by atoms with Gasteiger partial charge in [-0.05, 0) is 30.9 Å². The summed E-state index contributed by atoms with van der Waals surface area (Å²) >= 11 is 0. The lowest BCUT2D eigenvalue weighted by Gasteiger charge is -2.21. The Bertz CT molecular complexity index is 486. The maximum atomic E-state index is 11.9. The second-order valence-corrected chi connectivity index (χ2v) is 5.26. The average molecular weight is 278 g/mol. The molecule has 0 saturated carbocycles. The fourth-order valence-corrected chi connectivity index (χ4v) is 2.04. The molecular weight excluding hydrogens is 256 g/mol. The zero-order valence-electron chi connectivity index (χ0n) is 12.3. The maximum Gasteiger partial charge on any atom is 0.326 e. The quantitative estimate of drug-likeness (QED) is 0.774. The number of carboxylic acid groups (broad SMARTS) is 1. The molecule has 0 heterocycles. The number of aryl methyl sites for hydroxylation is 1. The number of nitrogens with one attached hydrogen (secondary N) is 2. The van der Waals surface area contributed by atoms with Crippen molar-refractivity contribution in [3.63, 3.8) is 0 Å². The normalized spacial score (nSPS) is 13.7. The molecule has 0 bridgehead atoms. The zero-order chi connectivity index (χ0) is 15.3. The Balaban J connectivity index is 2.67. The first kappa shape index (κ1) is 16.0. The fraction of sp³-hybridized carbons (Fsp3) is 0.467. The van der Waals surface area contributed by atoms with E-state index in [1.54, 1.807) is 13.8 Å². The van der Waals surface area contributed by atoms with Crippen LogP contribution in [-0.4, -0.2) is 23.1 Å². The molecule has 0 fully saturated rings. The highest BCUT2D eigenvalue weighted by Gasteiger charge is 2.24. The maximum absolute atomic E-state index is 11.9. The molecule has 1 rings (SSSR count). The molecule has 0 radical (unpaired) electrons. The van der Waals surface area contributed by atoms with Gasteiger partial charge in [-0.1, -0.05) is 38.1 Å². The smallest absolute Gasteiger partial charge is 0.326 e. The monoisotopic (exact) mass is 278 g/mol. The first-order valence-electron chi connectivity index (χ1n) is 6.68. The largest absolute Gasteiger partial charge is 0.480 e. The Hall–Kier alpha value is -2.04. The summed E-state index contributed by atoms with van der Waals surface area (Å²) in [4.78, 5) is 22.9. The lowest BCUT2D eigenvalue weighted by Crippen LogP contribution is -2.49. The van der Waals surface area contributed by atoms with Crippen LogP contribution in [0.25, 0.3) is 0 Å². The lowest BCUT2D eigenvalue weighted by molar-refractivity contribution is -0.140. The van der Waals surface area contributed by atoms with E-state index in [1.807, 2.05) is 38.1 Å². The number of carbonyl (C=O) groups excluding carboxylic acids is 1. The Labute approximate surface area is 119 Å². The Morgan fingerprint density at radius 2 is 1.70 bits per heavy atom. The van der Waals surface area contributed by atoms with Crippen LogP contribution in [0.15, 0.2) is 24.3 Å². The van der Waals surface area contributed by atoms with Gasteiger partial charge in [-0.25, -0.2) is 9.59 Å². The minimum Gasteiger partial charge on any atom is -0.480 e. The van der Waals surface area contributed by atoms with Crippen LogP contribution in [-0.2, 0) is 4.79 Å². The van der Waals surface area contributed by atoms with Crippen LogP contribution in [0.1, 0.15) is 37.9 Å². The van der Waals surface area contributed by atoms with Crippen molar-refractivity contribution < 1.29 is 14.7 Å². The van der Waals surface area contributed by atoms with Crippen LogP contribution in [0.4, 0.5) is 4.79 Å². The topological polar surface area (TPSA) is 78.4 Å². The highest BCUT2D eigenvalue weighted by molar-refractivity contribution is 5.82. The SMILES string of the molecule is Cc1ccccc1C(C)NC(=O)NC(C(=O)O)C(C)C. The van der Waals surface area contributed by atoms with Crippen LogP contribution in [0.3, 0.4) is 0 Å². The summed E-state index contributed by atoms with van der Waals surface area (Å²) in [6.45, 7) is 7.35. The average Bonchev–Trinajstić information content (AvgIpc) is 2.35. The van der Waals surface area contributed by atoms with Crippen molar-refractivity contribution in [2.45, 2.75) is 39.8 Å². The highest BCUT2D eigenvalue weighted by Crippen LogP contribution is 2.16. The van der Waals surface area contributed by atoms with Gasteiger partial charge in [-0.3, -0.25) is 0 Å². The van der Waals surface area contributed by atoms with E-state index in [-0.39, 0.29) is 12.0 Å². The van der Waals surface area contributed by atoms with E-state index in [0.29, 0.717) is 0 Å². The number of carbonyl (C=O) groups is 2. The molecule has 5 heteroatoms. The molecular formula is C15H22N2O3. The summed E-state index contributed by atoms with van der Waals surface area (Å²) in [7, 11) is 0. The van der Waals surface area contributed by atoms with Crippen LogP contribution in [0.2, 0.25) is 0 Å². The third-order valence-electron chi connectivity index (χ3n) is 3.22. The van der Waals surface area contributed by atoms with Crippen molar-refractivity contribution >= 4 is 12.0 Å². The molecule has 2 amide bonds. The van der Waals surface area contributed by atoms with Crippen molar-refractivity contribution in [3.8, 4) is 0 Å². The predicted octanol–water partition coefficient (Wildman–Crippen LogP) is 2.46. The second-order valence-electron chi connectivity index (χ2n) is 5.26. The van der Waals surface area contributed by atoms with Gasteiger partial charge in [-0.2, -0.15) is 0 Å². The number of aliphatic carboxylic acids is 1. The molecule has 0 aliphatic carbocycles. The van der Waals surface area contributed by atoms with Gasteiger partial charge in [0.25, 0.3) is 0 Å². The van der Waals surface area contributed by atoms with Gasteiger partial charge in [0.05, 0.1) is 6.04 Å². The van der Waals surface area contributed by atoms with E-state index in [1.165, 1.54) is 0 Å². The van der Waals surface area contributed by atoms with Gasteiger partial charge < -0.3 is 15.7 Å². The van der Waals surface area contributed by atoms with E-state index in [0.717, 1.165) is 11.1 Å². The lowest BCUT2D eigenvalue weighted by atomic mass is 10.0. The highest BCUT2D eigenvalue weighted by atomic mass is 16.4. The number of amides is 2. The van der Waals surface area contributed by atoms with Crippen molar-refractivity contribution in [2.75, 3.05) is 0 Å². The Kier molecular flexibility index (Phi) is 5.55. The molecule has 3 N–H and O–H groups in total. The summed E-state index contributed by atoms with van der Waals surface area (Å²) in [5.41, 5.74) is 2.10. The molecule has 1 aromatic carbocycles. The van der Waals surface area contributed by atoms with E-state index in [9.17, 15) is 9.59 Å². The Morgan fingerprint density at radius 1 is 1.10 bits per heavy atom. The van der Waals surface area contributed by atoms with E-state index < -0.39 is 18.0 Å². The molecule has 0 aliphatic heterocycles. The second kappa shape index (κ2) is 6.93. The van der Waals surface area contributed by atoms with Crippen LogP contribution in [0, 0.1) is 12.8 Å². The zero-order valence-corrected chi connectivity index (χ0v) is 12.3. The van der Waals surface area contributed by atoms with Crippen LogP contribution in [0.5, 0.6) is 0 Å². The predicted molar refractivity (Wildman–Crippen MR) is 77.5 cm³/mol. The van der Waals surface area contributed by atoms with Gasteiger partial charge >= 0.3 is 12.0 Å². The first-order valence-corrected chi connectivity index (χ1v) is 6.68. The van der Waals surface area contributed by atoms with Crippen molar-refractivity contribution in [2.24, 2.45) is 5.92 Å². The molecule has 0 aliphatic rings. The van der Waals surface area contributed by atoms with E-state index in [4.69, 9.17) is 5.11 Å². The molecule has 1 aromatic rings. The van der Waals surface area contributed by atoms with Gasteiger partial charge in [0, 0.05) is 0 Å². The van der Waals surface area contributed by atoms with Crippen molar-refractivity contribution in [3.05, 3.63) is 35.4 Å². The number of rotatable bonds is 5. The summed E-state index contributed by atoms with van der Waals surface area (Å²) in [6, 6.07) is 6.22. The van der Waals surface area contributed by atoms with E-state index in [2.05, 4.69) is 10.6 Å². The molecule has 0 spiro atoms. The summed E-state index contributed by atoms with van der Waals surface area (Å²) in [6.07, 6.45) is 0. The Morgan fingerprint density at radius 3 is 2.20 bits per heavy atom. The molecule has 0 saturated heterocycles. The summed E-state index contributed by atoms with van der Waals surface area (Å²) in [5, 5.41) is 14.3. The number of benzene rings is 1. The summed E-state index contributed by atoms with van der Waals surface area (Å²) < 4.78 is 0. The molecule has 0 aromatic heterocycles. The first-order chi connectivity index (χ1) is 9.32. The number of hydrogen-bond acceptors (Lipinski definition) is 2. The number of urea groups is 1. The molecule has 20 heavy (non-hydrogen) atoms. The minimum absolute atomic E-state index is 0.174. The third kappa shape index (κ3) is 4.26. The summed E-state index contributed by atoms with van der Waals surface area (Å²) in [5.74, 6) is -1.20. The van der Waals surface area contributed by atoms with Gasteiger partial charge in [0.1, 0.15) is 6.04 Å². The van der Waals surface area contributed by atoms with Gasteiger partial charge in [0.2, 0.25) is 0 Å². The van der Waals surface area contributed by atoms with E-state index >= 15 is 0 Å². The van der Waals surface area contributed by atoms with Gasteiger partial charge in [0.15, 0.2) is 0 Å². The molecule has 5 nitrogen and oxygen atoms in total. The number of carboxylic acids is 1. The van der Waals surface area contributed by atoms with Gasteiger partial charge in [-0.15, -0.1) is 0 Å². The third-order valence-corrected chi connectivity index (χ3v) is 3.22. The fourth-order valence-electron chi connectivity index (χ4n) is 2.04. The van der Waals surface area contributed by atoms with Crippen LogP contribution < -0.4 is 10.6 Å². The minimum atomic E-state index is -1.03. The molecule has 110 valence electrons. The van der Waals surface area contributed by atoms with Crippen molar-refractivity contribution in [1.29, 1.82) is 0 Å². The molecule has 2 unspecified atom stereocenters.